The normalized spacial score (nSPS) is 11.3. The van der Waals surface area contributed by atoms with Gasteiger partial charge in [0.25, 0.3) is 0 Å². The van der Waals surface area contributed by atoms with E-state index >= 15 is 0 Å². The molecule has 0 unspecified atom stereocenters. The van der Waals surface area contributed by atoms with Crippen LogP contribution in [0.25, 0.3) is 0 Å². The van der Waals surface area contributed by atoms with Crippen LogP contribution in [0.5, 0.6) is 0 Å². The maximum Gasteiger partial charge on any atom is 0.229 e. The number of ketones is 1. The van der Waals surface area contributed by atoms with Gasteiger partial charge < -0.3 is 0 Å². The fourth-order valence-corrected chi connectivity index (χ4v) is 2.83. The van der Waals surface area contributed by atoms with Crippen LogP contribution in [0.2, 0.25) is 0 Å². The lowest BCUT2D eigenvalue weighted by Gasteiger charge is -2.09. The Morgan fingerprint density at radius 3 is 2.27 bits per heavy atom. The highest BCUT2D eigenvalue weighted by molar-refractivity contribution is 9.10. The summed E-state index contributed by atoms with van der Waals surface area (Å²) in [6.45, 7) is 0. The molecule has 0 aromatic heterocycles. The van der Waals surface area contributed by atoms with Gasteiger partial charge in [0.2, 0.25) is 10.0 Å². The Balaban J connectivity index is 2.42. The van der Waals surface area contributed by atoms with Gasteiger partial charge in [-0.15, -0.1) is 0 Å². The first-order chi connectivity index (χ1) is 10.2. The van der Waals surface area contributed by atoms with Crippen LogP contribution in [-0.2, 0) is 10.0 Å². The molecule has 0 aliphatic heterocycles. The Kier molecular flexibility index (Phi) is 4.62. The van der Waals surface area contributed by atoms with Crippen molar-refractivity contribution < 1.29 is 22.0 Å². The van der Waals surface area contributed by atoms with Crippen molar-refractivity contribution in [3.63, 3.8) is 0 Å². The number of carbonyl (C=O) groups excluding carboxylic acids is 1. The Labute approximate surface area is 134 Å². The zero-order chi connectivity index (χ0) is 16.5. The molecule has 1 N–H and O–H groups in total. The second-order valence-corrected chi connectivity index (χ2v) is 7.12. The standard InChI is InChI=1S/C14H10BrF2NO3S/c1-22(20,21)18-13-7-11(15)10(6-12(13)17)14(19)8-2-4-9(16)5-3-8/h2-7,18H,1H3. The van der Waals surface area contributed by atoms with Crippen LogP contribution in [0.3, 0.4) is 0 Å². The summed E-state index contributed by atoms with van der Waals surface area (Å²) in [6.07, 6.45) is 0.887. The average molecular weight is 390 g/mol. The maximum absolute atomic E-state index is 13.9. The smallest absolute Gasteiger partial charge is 0.229 e. The summed E-state index contributed by atoms with van der Waals surface area (Å²) in [5, 5.41) is 0. The first-order valence-corrected chi connectivity index (χ1v) is 8.63. The van der Waals surface area contributed by atoms with Crippen LogP contribution in [0.1, 0.15) is 15.9 Å². The summed E-state index contributed by atoms with van der Waals surface area (Å²) in [5.74, 6) is -1.90. The highest BCUT2D eigenvalue weighted by Crippen LogP contribution is 2.27. The van der Waals surface area contributed by atoms with E-state index in [0.29, 0.717) is 0 Å². The molecule has 0 atom stereocenters. The highest BCUT2D eigenvalue weighted by atomic mass is 79.9. The lowest BCUT2D eigenvalue weighted by atomic mass is 10.0. The van der Waals surface area contributed by atoms with Crippen molar-refractivity contribution >= 4 is 37.4 Å². The Hall–Kier alpha value is -1.80. The van der Waals surface area contributed by atoms with Gasteiger partial charge in [-0.1, -0.05) is 0 Å². The number of hydrogen-bond acceptors (Lipinski definition) is 3. The third-order valence-corrected chi connectivity index (χ3v) is 3.95. The zero-order valence-electron chi connectivity index (χ0n) is 11.2. The van der Waals surface area contributed by atoms with E-state index in [1.54, 1.807) is 0 Å². The van der Waals surface area contributed by atoms with Crippen molar-refractivity contribution in [2.45, 2.75) is 0 Å². The number of hydrogen-bond donors (Lipinski definition) is 1. The summed E-state index contributed by atoms with van der Waals surface area (Å²) in [4.78, 5) is 12.3. The summed E-state index contributed by atoms with van der Waals surface area (Å²) >= 11 is 3.10. The third kappa shape index (κ3) is 3.89. The van der Waals surface area contributed by atoms with E-state index in [-0.39, 0.29) is 21.3 Å². The summed E-state index contributed by atoms with van der Waals surface area (Å²) in [5.41, 5.74) is -0.0847. The molecule has 0 amide bonds. The minimum absolute atomic E-state index is 0.00293. The molecule has 0 fully saturated rings. The molecule has 0 bridgehead atoms. The molecule has 116 valence electrons. The van der Waals surface area contributed by atoms with Crippen LogP contribution in [0.15, 0.2) is 40.9 Å². The Morgan fingerprint density at radius 1 is 1.14 bits per heavy atom. The molecular weight excluding hydrogens is 380 g/mol. The number of halogens is 3. The molecular formula is C14H10BrF2NO3S. The van der Waals surface area contributed by atoms with Gasteiger partial charge in [0, 0.05) is 15.6 Å². The van der Waals surface area contributed by atoms with Crippen LogP contribution in [0.4, 0.5) is 14.5 Å². The van der Waals surface area contributed by atoms with Gasteiger partial charge in [-0.25, -0.2) is 17.2 Å². The number of nitrogens with one attached hydrogen (secondary N) is 1. The minimum Gasteiger partial charge on any atom is -0.289 e. The quantitative estimate of drug-likeness (QED) is 0.815. The highest BCUT2D eigenvalue weighted by Gasteiger charge is 2.17. The lowest BCUT2D eigenvalue weighted by Crippen LogP contribution is -2.12. The fourth-order valence-electron chi connectivity index (χ4n) is 1.76. The lowest BCUT2D eigenvalue weighted by molar-refractivity contribution is 0.103. The number of sulfonamides is 1. The summed E-state index contributed by atoms with van der Waals surface area (Å²) in [6, 6.07) is 6.89. The first-order valence-electron chi connectivity index (χ1n) is 5.94. The van der Waals surface area contributed by atoms with Gasteiger partial charge in [0.05, 0.1) is 11.9 Å². The molecule has 2 rings (SSSR count). The predicted octanol–water partition coefficient (Wildman–Crippen LogP) is 3.33. The fraction of sp³-hybridized carbons (Fsp3) is 0.0714. The van der Waals surface area contributed by atoms with E-state index in [9.17, 15) is 22.0 Å². The van der Waals surface area contributed by atoms with Crippen LogP contribution in [-0.4, -0.2) is 20.5 Å². The molecule has 0 saturated carbocycles. The SMILES string of the molecule is CS(=O)(=O)Nc1cc(Br)c(C(=O)c2ccc(F)cc2)cc1F. The molecule has 2 aromatic carbocycles. The molecule has 0 heterocycles. The number of anilines is 1. The molecule has 0 aliphatic carbocycles. The van der Waals surface area contributed by atoms with Crippen molar-refractivity contribution in [2.24, 2.45) is 0 Å². The molecule has 0 aliphatic rings. The molecule has 0 radical (unpaired) electrons. The van der Waals surface area contributed by atoms with Crippen molar-refractivity contribution in [1.82, 2.24) is 0 Å². The second-order valence-electron chi connectivity index (χ2n) is 4.52. The minimum atomic E-state index is -3.64. The molecule has 0 saturated heterocycles. The van der Waals surface area contributed by atoms with Crippen molar-refractivity contribution in [1.29, 1.82) is 0 Å². The van der Waals surface area contributed by atoms with E-state index < -0.39 is 27.4 Å². The molecule has 8 heteroatoms. The zero-order valence-corrected chi connectivity index (χ0v) is 13.6. The number of carbonyl (C=O) groups is 1. The summed E-state index contributed by atoms with van der Waals surface area (Å²) < 4.78 is 51.3. The molecule has 0 spiro atoms. The van der Waals surface area contributed by atoms with E-state index in [2.05, 4.69) is 15.9 Å². The number of benzene rings is 2. The van der Waals surface area contributed by atoms with Gasteiger partial charge >= 0.3 is 0 Å². The van der Waals surface area contributed by atoms with Gasteiger partial charge in [0.1, 0.15) is 11.6 Å². The van der Waals surface area contributed by atoms with Crippen LogP contribution >= 0.6 is 15.9 Å². The Morgan fingerprint density at radius 2 is 1.73 bits per heavy atom. The monoisotopic (exact) mass is 389 g/mol. The van der Waals surface area contributed by atoms with Crippen LogP contribution < -0.4 is 4.72 Å². The van der Waals surface area contributed by atoms with Gasteiger partial charge in [-0.2, -0.15) is 0 Å². The van der Waals surface area contributed by atoms with Crippen LogP contribution in [0, 0.1) is 11.6 Å². The van der Waals surface area contributed by atoms with Crippen molar-refractivity contribution in [2.75, 3.05) is 11.0 Å². The van der Waals surface area contributed by atoms with Gasteiger partial charge in [-0.3, -0.25) is 9.52 Å². The molecule has 4 nitrogen and oxygen atoms in total. The number of rotatable bonds is 4. The Bertz CT molecular complexity index is 836. The van der Waals surface area contributed by atoms with E-state index in [1.165, 1.54) is 12.1 Å². The largest absolute Gasteiger partial charge is 0.289 e. The van der Waals surface area contributed by atoms with Gasteiger partial charge in [0.15, 0.2) is 5.78 Å². The average Bonchev–Trinajstić information content (AvgIpc) is 2.41. The predicted molar refractivity (Wildman–Crippen MR) is 82.4 cm³/mol. The van der Waals surface area contributed by atoms with Gasteiger partial charge in [-0.05, 0) is 52.3 Å². The molecule has 2 aromatic rings. The third-order valence-electron chi connectivity index (χ3n) is 2.70. The molecule has 22 heavy (non-hydrogen) atoms. The van der Waals surface area contributed by atoms with Crippen molar-refractivity contribution in [3.05, 3.63) is 63.6 Å². The second kappa shape index (κ2) is 6.13. The van der Waals surface area contributed by atoms with E-state index in [0.717, 1.165) is 30.5 Å². The summed E-state index contributed by atoms with van der Waals surface area (Å²) in [7, 11) is -3.64. The van der Waals surface area contributed by atoms with E-state index in [4.69, 9.17) is 0 Å². The maximum atomic E-state index is 13.9. The van der Waals surface area contributed by atoms with Crippen molar-refractivity contribution in [3.8, 4) is 0 Å². The van der Waals surface area contributed by atoms with E-state index in [1.807, 2.05) is 4.72 Å². The first kappa shape index (κ1) is 16.6. The topological polar surface area (TPSA) is 63.2 Å².